The monoisotopic (exact) mass is 298 g/mol. The minimum atomic E-state index is -0.0204. The molecule has 0 aliphatic heterocycles. The van der Waals surface area contributed by atoms with Gasteiger partial charge >= 0.3 is 0 Å². The Kier molecular flexibility index (Phi) is 10.3. The maximum Gasteiger partial charge on any atom is 0.0844 e. The van der Waals surface area contributed by atoms with Crippen LogP contribution in [-0.4, -0.2) is 18.8 Å². The number of nitrogens with one attached hydrogen (secondary N) is 1. The van der Waals surface area contributed by atoms with E-state index in [-0.39, 0.29) is 5.60 Å². The highest BCUT2D eigenvalue weighted by Gasteiger charge is 2.38. The van der Waals surface area contributed by atoms with E-state index in [0.29, 0.717) is 6.04 Å². The molecule has 1 aliphatic rings. The summed E-state index contributed by atoms with van der Waals surface area (Å²) in [5.74, 6) is 5.87. The number of hydrogen-bond donors (Lipinski definition) is 2. The SMILES string of the molecule is CCCCCCCCCC(NN)C1(OC)CCCCCC1. The average Bonchev–Trinajstić information content (AvgIpc) is 2.76. The minimum absolute atomic E-state index is 0.0204. The van der Waals surface area contributed by atoms with E-state index in [1.54, 1.807) is 0 Å². The van der Waals surface area contributed by atoms with Crippen molar-refractivity contribution < 1.29 is 4.74 Å². The Morgan fingerprint density at radius 1 is 0.952 bits per heavy atom. The standard InChI is InChI=1S/C18H38N2O/c1-3-4-5-6-7-8-11-14-17(20-19)18(21-2)15-12-9-10-13-16-18/h17,20H,3-16,19H2,1-2H3. The number of hydrazine groups is 1. The summed E-state index contributed by atoms with van der Waals surface area (Å²) in [6, 6.07) is 0.316. The van der Waals surface area contributed by atoms with Crippen LogP contribution in [0.5, 0.6) is 0 Å². The summed E-state index contributed by atoms with van der Waals surface area (Å²) in [6.45, 7) is 2.27. The molecule has 21 heavy (non-hydrogen) atoms. The summed E-state index contributed by atoms with van der Waals surface area (Å²) in [4.78, 5) is 0. The zero-order chi connectivity index (χ0) is 15.4. The van der Waals surface area contributed by atoms with Crippen LogP contribution in [0.2, 0.25) is 0 Å². The number of hydrogen-bond acceptors (Lipinski definition) is 3. The lowest BCUT2D eigenvalue weighted by Gasteiger charge is -2.39. The molecule has 0 saturated heterocycles. The van der Waals surface area contributed by atoms with E-state index in [2.05, 4.69) is 12.3 Å². The molecule has 0 heterocycles. The number of methoxy groups -OCH3 is 1. The van der Waals surface area contributed by atoms with Crippen LogP contribution in [0.4, 0.5) is 0 Å². The van der Waals surface area contributed by atoms with Gasteiger partial charge in [-0.3, -0.25) is 11.3 Å². The van der Waals surface area contributed by atoms with Gasteiger partial charge in [0.25, 0.3) is 0 Å². The van der Waals surface area contributed by atoms with Gasteiger partial charge in [-0.05, 0) is 19.3 Å². The van der Waals surface area contributed by atoms with Crippen molar-refractivity contribution in [2.75, 3.05) is 7.11 Å². The van der Waals surface area contributed by atoms with Crippen LogP contribution in [0.1, 0.15) is 96.8 Å². The highest BCUT2D eigenvalue weighted by Crippen LogP contribution is 2.34. The third-order valence-electron chi connectivity index (χ3n) is 5.29. The summed E-state index contributed by atoms with van der Waals surface area (Å²) >= 11 is 0. The summed E-state index contributed by atoms with van der Waals surface area (Å²) in [5.41, 5.74) is 3.06. The molecule has 0 aromatic carbocycles. The van der Waals surface area contributed by atoms with Gasteiger partial charge in [0.1, 0.15) is 0 Å². The van der Waals surface area contributed by atoms with Gasteiger partial charge in [-0.15, -0.1) is 0 Å². The van der Waals surface area contributed by atoms with Crippen molar-refractivity contribution in [1.82, 2.24) is 5.43 Å². The topological polar surface area (TPSA) is 47.3 Å². The molecule has 0 amide bonds. The van der Waals surface area contributed by atoms with Gasteiger partial charge in [-0.1, -0.05) is 77.6 Å². The summed E-state index contributed by atoms with van der Waals surface area (Å²) in [5, 5.41) is 0. The predicted molar refractivity (Wildman–Crippen MR) is 91.2 cm³/mol. The van der Waals surface area contributed by atoms with Crippen molar-refractivity contribution in [2.24, 2.45) is 5.84 Å². The van der Waals surface area contributed by atoms with Gasteiger partial charge in [0.05, 0.1) is 11.6 Å². The van der Waals surface area contributed by atoms with Crippen molar-refractivity contribution in [3.63, 3.8) is 0 Å². The first-order chi connectivity index (χ1) is 10.3. The second-order valence-corrected chi connectivity index (χ2v) is 6.81. The fourth-order valence-electron chi connectivity index (χ4n) is 3.83. The molecule has 0 aromatic rings. The first-order valence-corrected chi connectivity index (χ1v) is 9.30. The van der Waals surface area contributed by atoms with E-state index in [0.717, 1.165) is 19.3 Å². The van der Waals surface area contributed by atoms with Crippen LogP contribution in [0.3, 0.4) is 0 Å². The normalized spacial score (nSPS) is 20.1. The molecule has 1 aliphatic carbocycles. The molecule has 0 bridgehead atoms. The molecular formula is C18H38N2O. The summed E-state index contributed by atoms with van der Waals surface area (Å²) in [7, 11) is 1.88. The molecule has 3 N–H and O–H groups in total. The van der Waals surface area contributed by atoms with Gasteiger partial charge in [0.15, 0.2) is 0 Å². The zero-order valence-corrected chi connectivity index (χ0v) is 14.5. The van der Waals surface area contributed by atoms with E-state index in [9.17, 15) is 0 Å². The Bertz CT molecular complexity index is 237. The maximum absolute atomic E-state index is 5.98. The van der Waals surface area contributed by atoms with Crippen molar-refractivity contribution >= 4 is 0 Å². The highest BCUT2D eigenvalue weighted by atomic mass is 16.5. The second-order valence-electron chi connectivity index (χ2n) is 6.81. The van der Waals surface area contributed by atoms with E-state index in [1.807, 2.05) is 7.11 Å². The number of rotatable bonds is 11. The van der Waals surface area contributed by atoms with Crippen LogP contribution in [0.15, 0.2) is 0 Å². The van der Waals surface area contributed by atoms with Gasteiger partial charge in [0, 0.05) is 7.11 Å². The lowest BCUT2D eigenvalue weighted by Crippen LogP contribution is -2.54. The third-order valence-corrected chi connectivity index (χ3v) is 5.29. The second kappa shape index (κ2) is 11.4. The number of unbranched alkanes of at least 4 members (excludes halogenated alkanes) is 6. The van der Waals surface area contributed by atoms with E-state index in [1.165, 1.54) is 70.6 Å². The Morgan fingerprint density at radius 3 is 2.05 bits per heavy atom. The largest absolute Gasteiger partial charge is 0.377 e. The molecule has 0 aromatic heterocycles. The molecule has 1 rings (SSSR count). The Labute approximate surface area is 132 Å². The molecule has 3 nitrogen and oxygen atoms in total. The van der Waals surface area contributed by atoms with Crippen molar-refractivity contribution in [1.29, 1.82) is 0 Å². The molecule has 0 radical (unpaired) electrons. The summed E-state index contributed by atoms with van der Waals surface area (Å²) < 4.78 is 5.98. The smallest absolute Gasteiger partial charge is 0.0844 e. The lowest BCUT2D eigenvalue weighted by atomic mass is 9.83. The van der Waals surface area contributed by atoms with Crippen molar-refractivity contribution in [2.45, 2.75) is 108 Å². The highest BCUT2D eigenvalue weighted by molar-refractivity contribution is 4.93. The fourth-order valence-corrected chi connectivity index (χ4v) is 3.83. The molecule has 1 fully saturated rings. The summed E-state index contributed by atoms with van der Waals surface area (Å²) in [6.07, 6.45) is 18.2. The lowest BCUT2D eigenvalue weighted by molar-refractivity contribution is -0.0553. The zero-order valence-electron chi connectivity index (χ0n) is 14.5. The van der Waals surface area contributed by atoms with Crippen molar-refractivity contribution in [3.05, 3.63) is 0 Å². The Morgan fingerprint density at radius 2 is 1.52 bits per heavy atom. The Hall–Kier alpha value is -0.120. The van der Waals surface area contributed by atoms with Crippen LogP contribution in [0, 0.1) is 0 Å². The predicted octanol–water partition coefficient (Wildman–Crippen LogP) is 4.70. The Balaban J connectivity index is 2.31. The first-order valence-electron chi connectivity index (χ1n) is 9.30. The molecule has 0 spiro atoms. The molecule has 126 valence electrons. The molecule has 1 atom stereocenters. The van der Waals surface area contributed by atoms with Crippen LogP contribution >= 0.6 is 0 Å². The number of nitrogens with two attached hydrogens (primary N) is 1. The maximum atomic E-state index is 5.98. The quantitative estimate of drug-likeness (QED) is 0.251. The van der Waals surface area contributed by atoms with Crippen LogP contribution in [0.25, 0.3) is 0 Å². The fraction of sp³-hybridized carbons (Fsp3) is 1.00. The van der Waals surface area contributed by atoms with Gasteiger partial charge in [-0.2, -0.15) is 0 Å². The van der Waals surface area contributed by atoms with Crippen LogP contribution < -0.4 is 11.3 Å². The first kappa shape index (κ1) is 18.9. The minimum Gasteiger partial charge on any atom is -0.377 e. The third kappa shape index (κ3) is 6.66. The average molecular weight is 299 g/mol. The molecule has 1 saturated carbocycles. The number of ether oxygens (including phenoxy) is 1. The molecule has 1 unspecified atom stereocenters. The van der Waals surface area contributed by atoms with E-state index >= 15 is 0 Å². The van der Waals surface area contributed by atoms with E-state index < -0.39 is 0 Å². The van der Waals surface area contributed by atoms with Crippen molar-refractivity contribution in [3.8, 4) is 0 Å². The van der Waals surface area contributed by atoms with Crippen LogP contribution in [-0.2, 0) is 4.74 Å². The van der Waals surface area contributed by atoms with E-state index in [4.69, 9.17) is 10.6 Å². The van der Waals surface area contributed by atoms with Gasteiger partial charge < -0.3 is 4.74 Å². The van der Waals surface area contributed by atoms with Gasteiger partial charge in [0.2, 0.25) is 0 Å². The molecular weight excluding hydrogens is 260 g/mol. The van der Waals surface area contributed by atoms with Gasteiger partial charge in [-0.25, -0.2) is 0 Å². The molecule has 3 heteroatoms.